The average Bonchev–Trinajstić information content (AvgIpc) is 2.55. The second-order valence-electron chi connectivity index (χ2n) is 2.88. The predicted molar refractivity (Wildman–Crippen MR) is 41.0 cm³/mol. The van der Waals surface area contributed by atoms with Gasteiger partial charge < -0.3 is 9.67 Å². The van der Waals surface area contributed by atoms with Crippen molar-refractivity contribution in [1.29, 1.82) is 0 Å². The van der Waals surface area contributed by atoms with Gasteiger partial charge in [-0.3, -0.25) is 0 Å². The molecular weight excluding hydrogens is 142 g/mol. The van der Waals surface area contributed by atoms with E-state index in [0.717, 1.165) is 6.42 Å². The van der Waals surface area contributed by atoms with Crippen LogP contribution in [0, 0.1) is 0 Å². The number of aliphatic hydroxyl groups excluding tert-OH is 1. The van der Waals surface area contributed by atoms with E-state index >= 15 is 0 Å². The van der Waals surface area contributed by atoms with Gasteiger partial charge in [0.1, 0.15) is 12.7 Å². The van der Waals surface area contributed by atoms with Gasteiger partial charge in [0.05, 0.1) is 12.1 Å². The van der Waals surface area contributed by atoms with E-state index in [1.807, 2.05) is 18.4 Å². The summed E-state index contributed by atoms with van der Waals surface area (Å²) in [7, 11) is 0. The molecule has 1 heterocycles. The van der Waals surface area contributed by atoms with Crippen LogP contribution in [0.3, 0.4) is 0 Å². The van der Waals surface area contributed by atoms with Crippen molar-refractivity contribution in [3.05, 3.63) is 12.7 Å². The summed E-state index contributed by atoms with van der Waals surface area (Å²) in [6.07, 6.45) is 4.11. The lowest BCUT2D eigenvalue weighted by Gasteiger charge is -2.26. The van der Waals surface area contributed by atoms with Gasteiger partial charge in [0.25, 0.3) is 0 Å². The minimum atomic E-state index is -0.247. The van der Waals surface area contributed by atoms with Crippen molar-refractivity contribution in [2.24, 2.45) is 0 Å². The number of nitrogens with zero attached hydrogens (tertiary/aromatic N) is 3. The van der Waals surface area contributed by atoms with Gasteiger partial charge in [-0.25, -0.2) is 0 Å². The molecule has 11 heavy (non-hydrogen) atoms. The first kappa shape index (κ1) is 8.20. The molecule has 1 aromatic rings. The molecule has 0 aliphatic heterocycles. The fourth-order valence-corrected chi connectivity index (χ4v) is 0.856. The molecule has 0 bridgehead atoms. The highest BCUT2D eigenvalue weighted by atomic mass is 16.3. The van der Waals surface area contributed by atoms with Gasteiger partial charge in [0, 0.05) is 0 Å². The van der Waals surface area contributed by atoms with E-state index in [1.165, 1.54) is 0 Å². The number of rotatable bonds is 3. The quantitative estimate of drug-likeness (QED) is 0.687. The molecule has 1 rings (SSSR count). The van der Waals surface area contributed by atoms with E-state index in [1.54, 1.807) is 12.7 Å². The minimum absolute atomic E-state index is 0.113. The smallest absolute Gasteiger partial charge is 0.119 e. The van der Waals surface area contributed by atoms with E-state index < -0.39 is 0 Å². The first-order valence-corrected chi connectivity index (χ1v) is 3.69. The summed E-state index contributed by atoms with van der Waals surface area (Å²) < 4.78 is 1.83. The van der Waals surface area contributed by atoms with Crippen LogP contribution in [0.1, 0.15) is 20.3 Å². The highest BCUT2D eigenvalue weighted by Crippen LogP contribution is 2.17. The molecule has 0 aliphatic carbocycles. The van der Waals surface area contributed by atoms with Gasteiger partial charge in [0.2, 0.25) is 0 Å². The number of hydrogen-bond acceptors (Lipinski definition) is 3. The minimum Gasteiger partial charge on any atom is -0.394 e. The molecule has 0 amide bonds. The van der Waals surface area contributed by atoms with Crippen molar-refractivity contribution in [1.82, 2.24) is 14.8 Å². The predicted octanol–water partition coefficient (Wildman–Crippen LogP) is 0.396. The molecule has 0 saturated heterocycles. The Kier molecular flexibility index (Phi) is 2.24. The van der Waals surface area contributed by atoms with Crippen LogP contribution in [-0.2, 0) is 5.54 Å². The summed E-state index contributed by atoms with van der Waals surface area (Å²) >= 11 is 0. The van der Waals surface area contributed by atoms with E-state index in [4.69, 9.17) is 5.11 Å². The maximum Gasteiger partial charge on any atom is 0.119 e. The fraction of sp³-hybridized carbons (Fsp3) is 0.714. The van der Waals surface area contributed by atoms with Crippen molar-refractivity contribution in [3.63, 3.8) is 0 Å². The lowest BCUT2D eigenvalue weighted by Crippen LogP contribution is -2.32. The number of aromatic nitrogens is 3. The Labute approximate surface area is 65.9 Å². The van der Waals surface area contributed by atoms with Crippen LogP contribution in [-0.4, -0.2) is 26.5 Å². The molecule has 0 saturated carbocycles. The molecule has 0 spiro atoms. The zero-order valence-corrected chi connectivity index (χ0v) is 6.86. The fourth-order valence-electron chi connectivity index (χ4n) is 0.856. The Hall–Kier alpha value is -0.900. The topological polar surface area (TPSA) is 50.9 Å². The van der Waals surface area contributed by atoms with Gasteiger partial charge >= 0.3 is 0 Å². The molecule has 0 fully saturated rings. The third-order valence-corrected chi connectivity index (χ3v) is 2.14. The normalized spacial score (nSPS) is 16.3. The Balaban J connectivity index is 2.87. The molecule has 0 aliphatic rings. The summed E-state index contributed by atoms with van der Waals surface area (Å²) in [6, 6.07) is 0. The third-order valence-electron chi connectivity index (χ3n) is 2.14. The molecular formula is C7H13N3O. The first-order chi connectivity index (χ1) is 5.23. The van der Waals surface area contributed by atoms with Crippen LogP contribution < -0.4 is 0 Å². The van der Waals surface area contributed by atoms with Gasteiger partial charge in [-0.1, -0.05) is 6.92 Å². The molecule has 62 valence electrons. The van der Waals surface area contributed by atoms with Crippen LogP contribution in [0.2, 0.25) is 0 Å². The van der Waals surface area contributed by atoms with Crippen LogP contribution in [0.25, 0.3) is 0 Å². The summed E-state index contributed by atoms with van der Waals surface area (Å²) in [4.78, 5) is 0. The van der Waals surface area contributed by atoms with Gasteiger partial charge in [-0.2, -0.15) is 0 Å². The average molecular weight is 155 g/mol. The van der Waals surface area contributed by atoms with Gasteiger partial charge in [-0.05, 0) is 13.3 Å². The van der Waals surface area contributed by atoms with Crippen molar-refractivity contribution in [2.75, 3.05) is 6.61 Å². The molecule has 0 aromatic carbocycles. The van der Waals surface area contributed by atoms with Crippen LogP contribution in [0.15, 0.2) is 12.7 Å². The first-order valence-electron chi connectivity index (χ1n) is 3.69. The second kappa shape index (κ2) is 3.00. The van der Waals surface area contributed by atoms with Crippen molar-refractivity contribution in [2.45, 2.75) is 25.8 Å². The molecule has 1 aromatic heterocycles. The number of hydrogen-bond donors (Lipinski definition) is 1. The largest absolute Gasteiger partial charge is 0.394 e. The molecule has 1 atom stereocenters. The van der Waals surface area contributed by atoms with Crippen molar-refractivity contribution >= 4 is 0 Å². The maximum atomic E-state index is 9.08. The third kappa shape index (κ3) is 1.40. The molecule has 4 heteroatoms. The highest BCUT2D eigenvalue weighted by Gasteiger charge is 2.22. The summed E-state index contributed by atoms with van der Waals surface area (Å²) in [5, 5.41) is 16.5. The van der Waals surface area contributed by atoms with E-state index in [9.17, 15) is 0 Å². The SMILES string of the molecule is CCC(C)(CO)n1cnnc1. The van der Waals surface area contributed by atoms with E-state index in [0.29, 0.717) is 0 Å². The Morgan fingerprint density at radius 3 is 2.36 bits per heavy atom. The Bertz CT molecular complexity index is 203. The standard InChI is InChI=1S/C7H13N3O/c1-3-7(2,4-11)10-5-8-9-6-10/h5-6,11H,3-4H2,1-2H3. The molecule has 1 N–H and O–H groups in total. The Morgan fingerprint density at radius 1 is 1.45 bits per heavy atom. The van der Waals surface area contributed by atoms with Gasteiger partial charge in [-0.15, -0.1) is 10.2 Å². The number of aliphatic hydroxyl groups is 1. The van der Waals surface area contributed by atoms with Crippen LogP contribution in [0.5, 0.6) is 0 Å². The summed E-state index contributed by atoms with van der Waals surface area (Å²) in [5.41, 5.74) is -0.247. The monoisotopic (exact) mass is 155 g/mol. The van der Waals surface area contributed by atoms with E-state index in [-0.39, 0.29) is 12.1 Å². The Morgan fingerprint density at radius 2 is 2.00 bits per heavy atom. The van der Waals surface area contributed by atoms with Crippen molar-refractivity contribution in [3.8, 4) is 0 Å². The lowest BCUT2D eigenvalue weighted by atomic mass is 10.0. The molecule has 1 unspecified atom stereocenters. The summed E-state index contributed by atoms with van der Waals surface area (Å²) in [6.45, 7) is 4.11. The maximum absolute atomic E-state index is 9.08. The van der Waals surface area contributed by atoms with Gasteiger partial charge in [0.15, 0.2) is 0 Å². The molecule has 0 radical (unpaired) electrons. The summed E-state index contributed by atoms with van der Waals surface area (Å²) in [5.74, 6) is 0. The van der Waals surface area contributed by atoms with Crippen LogP contribution >= 0.6 is 0 Å². The second-order valence-corrected chi connectivity index (χ2v) is 2.88. The van der Waals surface area contributed by atoms with Crippen LogP contribution in [0.4, 0.5) is 0 Å². The lowest BCUT2D eigenvalue weighted by molar-refractivity contribution is 0.143. The van der Waals surface area contributed by atoms with Crippen molar-refractivity contribution < 1.29 is 5.11 Å². The zero-order valence-electron chi connectivity index (χ0n) is 6.86. The zero-order chi connectivity index (χ0) is 8.32. The van der Waals surface area contributed by atoms with E-state index in [2.05, 4.69) is 10.2 Å². The molecule has 4 nitrogen and oxygen atoms in total. The highest BCUT2D eigenvalue weighted by molar-refractivity contribution is 4.82.